The van der Waals surface area contributed by atoms with Gasteiger partial charge >= 0.3 is 11.9 Å². The lowest BCUT2D eigenvalue weighted by Crippen LogP contribution is -2.58. The zero-order chi connectivity index (χ0) is 22.3. The molecule has 3 aliphatic rings. The lowest BCUT2D eigenvalue weighted by atomic mass is 9.40. The molecule has 170 valence electrons. The standard InChI is InChI=1S/C25H40O5/c1-16-8-9-20-24(5)12-7-11-23(3,4)19(24)10-13-25(20,6)21(16)22(28)30-15-18(27)14-29-17(2)26/h8,18-21,27H,7,9-15H2,1-6H3/t18-,19?,20+,21-,24-,25+/m0/s1. The number of allylic oxidation sites excluding steroid dienone is 1. The second-order valence-corrected chi connectivity index (χ2v) is 11.2. The quantitative estimate of drug-likeness (QED) is 0.517. The maximum absolute atomic E-state index is 13.2. The van der Waals surface area contributed by atoms with Crippen LogP contribution in [0.2, 0.25) is 0 Å². The van der Waals surface area contributed by atoms with E-state index in [2.05, 4.69) is 33.8 Å². The highest BCUT2D eigenvalue weighted by Crippen LogP contribution is 2.68. The summed E-state index contributed by atoms with van der Waals surface area (Å²) in [4.78, 5) is 24.1. The molecule has 0 saturated heterocycles. The number of hydrogen-bond donors (Lipinski definition) is 1. The Labute approximate surface area is 181 Å². The average molecular weight is 421 g/mol. The number of carbonyl (C=O) groups excluding carboxylic acids is 2. The number of hydrogen-bond acceptors (Lipinski definition) is 5. The number of ether oxygens (including phenoxy) is 2. The summed E-state index contributed by atoms with van der Waals surface area (Å²) in [6, 6.07) is 0. The van der Waals surface area contributed by atoms with E-state index < -0.39 is 12.1 Å². The Hall–Kier alpha value is -1.36. The van der Waals surface area contributed by atoms with Crippen LogP contribution < -0.4 is 0 Å². The van der Waals surface area contributed by atoms with Crippen LogP contribution in [-0.4, -0.2) is 36.4 Å². The highest BCUT2D eigenvalue weighted by Gasteiger charge is 2.62. The van der Waals surface area contributed by atoms with Crippen LogP contribution in [0, 0.1) is 34.0 Å². The number of aliphatic hydroxyl groups is 1. The van der Waals surface area contributed by atoms with E-state index in [1.165, 1.54) is 26.2 Å². The summed E-state index contributed by atoms with van der Waals surface area (Å²) in [5, 5.41) is 9.99. The molecule has 0 aliphatic heterocycles. The van der Waals surface area contributed by atoms with Gasteiger partial charge in [-0.15, -0.1) is 0 Å². The van der Waals surface area contributed by atoms with Crippen molar-refractivity contribution in [3.63, 3.8) is 0 Å². The summed E-state index contributed by atoms with van der Waals surface area (Å²) < 4.78 is 10.4. The zero-order valence-electron chi connectivity index (χ0n) is 19.6. The maximum Gasteiger partial charge on any atom is 0.313 e. The normalized spacial score (nSPS) is 38.5. The first-order valence-corrected chi connectivity index (χ1v) is 11.6. The van der Waals surface area contributed by atoms with Crippen molar-refractivity contribution in [3.05, 3.63) is 11.6 Å². The first-order chi connectivity index (χ1) is 13.9. The minimum absolute atomic E-state index is 0.130. The van der Waals surface area contributed by atoms with Gasteiger partial charge in [0.05, 0.1) is 5.92 Å². The molecule has 1 unspecified atom stereocenters. The van der Waals surface area contributed by atoms with Crippen LogP contribution in [-0.2, 0) is 19.1 Å². The van der Waals surface area contributed by atoms with Crippen molar-refractivity contribution in [3.8, 4) is 0 Å². The Kier molecular flexibility index (Phi) is 6.44. The molecule has 5 heteroatoms. The number of carbonyl (C=O) groups is 2. The van der Waals surface area contributed by atoms with Crippen molar-refractivity contribution in [1.82, 2.24) is 0 Å². The fraction of sp³-hybridized carbons (Fsp3) is 0.840. The molecule has 0 spiro atoms. The van der Waals surface area contributed by atoms with Crippen molar-refractivity contribution >= 4 is 11.9 Å². The molecule has 2 fully saturated rings. The van der Waals surface area contributed by atoms with Crippen molar-refractivity contribution in [1.29, 1.82) is 0 Å². The van der Waals surface area contributed by atoms with E-state index in [1.54, 1.807) is 0 Å². The third kappa shape index (κ3) is 4.06. The van der Waals surface area contributed by atoms with Gasteiger partial charge in [-0.2, -0.15) is 0 Å². The van der Waals surface area contributed by atoms with Gasteiger partial charge < -0.3 is 14.6 Å². The highest BCUT2D eigenvalue weighted by atomic mass is 16.6. The first-order valence-electron chi connectivity index (χ1n) is 11.6. The summed E-state index contributed by atoms with van der Waals surface area (Å²) in [5.74, 6) is 0.151. The number of esters is 2. The zero-order valence-corrected chi connectivity index (χ0v) is 19.6. The van der Waals surface area contributed by atoms with Crippen LogP contribution in [0.15, 0.2) is 11.6 Å². The van der Waals surface area contributed by atoms with Crippen LogP contribution in [0.1, 0.15) is 80.1 Å². The van der Waals surface area contributed by atoms with Crippen LogP contribution in [0.4, 0.5) is 0 Å². The van der Waals surface area contributed by atoms with Gasteiger partial charge in [-0.1, -0.05) is 45.8 Å². The van der Waals surface area contributed by atoms with Crippen LogP contribution in [0.3, 0.4) is 0 Å². The van der Waals surface area contributed by atoms with E-state index in [9.17, 15) is 14.7 Å². The van der Waals surface area contributed by atoms with Crippen molar-refractivity contribution in [2.24, 2.45) is 34.0 Å². The lowest BCUT2D eigenvalue weighted by Gasteiger charge is -2.64. The molecule has 0 aromatic heterocycles. The van der Waals surface area contributed by atoms with Gasteiger partial charge in [0.15, 0.2) is 0 Å². The van der Waals surface area contributed by atoms with Gasteiger partial charge in [0.25, 0.3) is 0 Å². The SMILES string of the molecule is CC(=O)OC[C@H](O)COC(=O)[C@@H]1C(C)=CC[C@H]2[C@@]1(C)CCC1C(C)(C)CCC[C@@]12C. The van der Waals surface area contributed by atoms with Gasteiger partial charge in [0, 0.05) is 6.92 Å². The molecule has 1 N–H and O–H groups in total. The second kappa shape index (κ2) is 8.29. The monoisotopic (exact) mass is 420 g/mol. The van der Waals surface area contributed by atoms with E-state index in [0.717, 1.165) is 24.8 Å². The Bertz CT molecular complexity index is 710. The predicted octanol–water partition coefficient (Wildman–Crippen LogP) is 4.67. The van der Waals surface area contributed by atoms with Crippen LogP contribution in [0.25, 0.3) is 0 Å². The lowest BCUT2D eigenvalue weighted by molar-refractivity contribution is -0.174. The van der Waals surface area contributed by atoms with Gasteiger partial charge in [0.2, 0.25) is 0 Å². The van der Waals surface area contributed by atoms with Gasteiger partial charge in [-0.05, 0) is 67.1 Å². The van der Waals surface area contributed by atoms with E-state index >= 15 is 0 Å². The minimum Gasteiger partial charge on any atom is -0.463 e. The van der Waals surface area contributed by atoms with Crippen molar-refractivity contribution < 1.29 is 24.2 Å². The predicted molar refractivity (Wildman–Crippen MR) is 116 cm³/mol. The number of rotatable bonds is 5. The molecule has 0 radical (unpaired) electrons. The van der Waals surface area contributed by atoms with Gasteiger partial charge in [-0.25, -0.2) is 0 Å². The molecular formula is C25H40O5. The third-order valence-electron chi connectivity index (χ3n) is 8.76. The smallest absolute Gasteiger partial charge is 0.313 e. The Morgan fingerprint density at radius 3 is 2.40 bits per heavy atom. The maximum atomic E-state index is 13.2. The van der Waals surface area contributed by atoms with E-state index in [1.807, 2.05) is 6.92 Å². The third-order valence-corrected chi connectivity index (χ3v) is 8.76. The molecule has 3 aliphatic carbocycles. The fourth-order valence-electron chi connectivity index (χ4n) is 7.49. The molecular weight excluding hydrogens is 380 g/mol. The Balaban J connectivity index is 1.78. The molecule has 3 rings (SSSR count). The average Bonchev–Trinajstić information content (AvgIpc) is 2.63. The van der Waals surface area contributed by atoms with Crippen LogP contribution >= 0.6 is 0 Å². The van der Waals surface area contributed by atoms with Crippen molar-refractivity contribution in [2.45, 2.75) is 86.2 Å². The second-order valence-electron chi connectivity index (χ2n) is 11.2. The summed E-state index contributed by atoms with van der Waals surface area (Å²) in [6.45, 7) is 12.6. The summed E-state index contributed by atoms with van der Waals surface area (Å²) in [7, 11) is 0. The van der Waals surface area contributed by atoms with E-state index in [4.69, 9.17) is 9.47 Å². The van der Waals surface area contributed by atoms with E-state index in [-0.39, 0.29) is 35.9 Å². The number of fused-ring (bicyclic) bond motifs is 3. The summed E-state index contributed by atoms with van der Waals surface area (Å²) in [5.41, 5.74) is 1.54. The number of aliphatic hydroxyl groups excluding tert-OH is 1. The molecule has 0 amide bonds. The molecule has 6 atom stereocenters. The molecule has 0 heterocycles. The molecule has 0 aromatic rings. The van der Waals surface area contributed by atoms with E-state index in [0.29, 0.717) is 17.3 Å². The fourth-order valence-corrected chi connectivity index (χ4v) is 7.49. The molecule has 2 saturated carbocycles. The van der Waals surface area contributed by atoms with Gasteiger partial charge in [-0.3, -0.25) is 9.59 Å². The first kappa shape index (κ1) is 23.3. The topological polar surface area (TPSA) is 72.8 Å². The molecule has 0 bridgehead atoms. The molecule has 30 heavy (non-hydrogen) atoms. The van der Waals surface area contributed by atoms with Crippen molar-refractivity contribution in [2.75, 3.05) is 13.2 Å². The largest absolute Gasteiger partial charge is 0.463 e. The Morgan fingerprint density at radius 1 is 1.07 bits per heavy atom. The molecule has 5 nitrogen and oxygen atoms in total. The van der Waals surface area contributed by atoms with Gasteiger partial charge in [0.1, 0.15) is 19.3 Å². The molecule has 0 aromatic carbocycles. The highest BCUT2D eigenvalue weighted by molar-refractivity contribution is 5.77. The van der Waals surface area contributed by atoms with Crippen LogP contribution in [0.5, 0.6) is 0 Å². The summed E-state index contributed by atoms with van der Waals surface area (Å²) >= 11 is 0. The minimum atomic E-state index is -0.998. The summed E-state index contributed by atoms with van der Waals surface area (Å²) in [6.07, 6.45) is 8.25. The Morgan fingerprint density at radius 2 is 1.73 bits per heavy atom.